The van der Waals surface area contributed by atoms with Gasteiger partial charge in [-0.25, -0.2) is 4.68 Å². The fourth-order valence-electron chi connectivity index (χ4n) is 1.40. The Hall–Kier alpha value is -1.46. The molecule has 0 saturated carbocycles. The lowest BCUT2D eigenvalue weighted by Crippen LogP contribution is -2.42. The van der Waals surface area contributed by atoms with Gasteiger partial charge in [-0.05, 0) is 37.6 Å². The summed E-state index contributed by atoms with van der Waals surface area (Å²) in [6.45, 7) is 6.08. The zero-order valence-electron chi connectivity index (χ0n) is 11.3. The average Bonchev–Trinajstić information content (AvgIpc) is 2.62. The molecule has 0 saturated heterocycles. The maximum absolute atomic E-state index is 11.9. The Morgan fingerprint density at radius 2 is 2.06 bits per heavy atom. The molecule has 1 heterocycles. The molecule has 0 N–H and O–H groups in total. The van der Waals surface area contributed by atoms with Crippen molar-refractivity contribution in [1.82, 2.24) is 25.1 Å². The fourth-order valence-corrected chi connectivity index (χ4v) is 1.40. The molecule has 1 aromatic rings. The molecule has 0 aliphatic carbocycles. The summed E-state index contributed by atoms with van der Waals surface area (Å²) in [7, 11) is 3.64. The summed E-state index contributed by atoms with van der Waals surface area (Å²) in [5.41, 5.74) is -0.122. The molecule has 17 heavy (non-hydrogen) atoms. The van der Waals surface area contributed by atoms with E-state index in [1.165, 1.54) is 0 Å². The number of amides is 1. The quantitative estimate of drug-likeness (QED) is 0.779. The minimum atomic E-state index is -0.122. The summed E-state index contributed by atoms with van der Waals surface area (Å²) in [5, 5.41) is 11.2. The van der Waals surface area contributed by atoms with E-state index in [0.717, 1.165) is 18.7 Å². The van der Waals surface area contributed by atoms with E-state index in [0.29, 0.717) is 6.42 Å². The van der Waals surface area contributed by atoms with Gasteiger partial charge in [0, 0.05) is 32.5 Å². The minimum Gasteiger partial charge on any atom is -0.341 e. The second-order valence-electron chi connectivity index (χ2n) is 5.20. The molecule has 6 heteroatoms. The van der Waals surface area contributed by atoms with Crippen molar-refractivity contribution in [1.29, 1.82) is 0 Å². The van der Waals surface area contributed by atoms with Crippen LogP contribution in [0.2, 0.25) is 0 Å². The van der Waals surface area contributed by atoms with E-state index in [1.54, 1.807) is 16.6 Å². The van der Waals surface area contributed by atoms with E-state index in [2.05, 4.69) is 15.5 Å². The Balaban J connectivity index is 2.37. The lowest BCUT2D eigenvalue weighted by Gasteiger charge is -2.32. The lowest BCUT2D eigenvalue weighted by atomic mass is 10.1. The van der Waals surface area contributed by atoms with Crippen molar-refractivity contribution in [3.8, 4) is 0 Å². The van der Waals surface area contributed by atoms with Gasteiger partial charge in [0.2, 0.25) is 5.91 Å². The topological polar surface area (TPSA) is 63.9 Å². The number of aromatic nitrogens is 4. The van der Waals surface area contributed by atoms with Gasteiger partial charge in [0.15, 0.2) is 5.82 Å². The van der Waals surface area contributed by atoms with Crippen LogP contribution in [0, 0.1) is 0 Å². The predicted molar refractivity (Wildman–Crippen MR) is 64.3 cm³/mol. The van der Waals surface area contributed by atoms with Crippen LogP contribution in [-0.4, -0.2) is 43.6 Å². The first-order valence-corrected chi connectivity index (χ1v) is 5.80. The third-order valence-electron chi connectivity index (χ3n) is 2.88. The number of nitrogens with zero attached hydrogens (tertiary/aromatic N) is 5. The van der Waals surface area contributed by atoms with Crippen LogP contribution in [0.4, 0.5) is 0 Å². The van der Waals surface area contributed by atoms with Crippen molar-refractivity contribution < 1.29 is 4.79 Å². The highest BCUT2D eigenvalue weighted by Crippen LogP contribution is 2.13. The molecule has 0 unspecified atom stereocenters. The van der Waals surface area contributed by atoms with Crippen LogP contribution in [0.5, 0.6) is 0 Å². The smallest absolute Gasteiger partial charge is 0.222 e. The molecule has 0 bridgehead atoms. The number of carbonyl (C=O) groups excluding carboxylic acids is 1. The van der Waals surface area contributed by atoms with Crippen molar-refractivity contribution in [3.63, 3.8) is 0 Å². The van der Waals surface area contributed by atoms with Crippen LogP contribution in [0.1, 0.15) is 39.4 Å². The maximum Gasteiger partial charge on any atom is 0.222 e. The Bertz CT molecular complexity index is 379. The zero-order valence-corrected chi connectivity index (χ0v) is 11.3. The van der Waals surface area contributed by atoms with E-state index in [1.807, 2.05) is 27.8 Å². The van der Waals surface area contributed by atoms with Crippen molar-refractivity contribution in [2.45, 2.75) is 45.6 Å². The van der Waals surface area contributed by atoms with Crippen LogP contribution < -0.4 is 0 Å². The molecule has 0 spiro atoms. The van der Waals surface area contributed by atoms with E-state index >= 15 is 0 Å². The van der Waals surface area contributed by atoms with Crippen molar-refractivity contribution in [3.05, 3.63) is 5.82 Å². The molecular formula is C11H21N5O. The Labute approximate surface area is 102 Å². The number of aryl methyl sites for hydroxylation is 2. The molecule has 6 nitrogen and oxygen atoms in total. The van der Waals surface area contributed by atoms with Crippen molar-refractivity contribution in [2.75, 3.05) is 7.05 Å². The Morgan fingerprint density at radius 1 is 1.41 bits per heavy atom. The summed E-state index contributed by atoms with van der Waals surface area (Å²) in [5.74, 6) is 0.976. The van der Waals surface area contributed by atoms with E-state index < -0.39 is 0 Å². The summed E-state index contributed by atoms with van der Waals surface area (Å²) in [6, 6.07) is 0. The molecule has 1 amide bonds. The van der Waals surface area contributed by atoms with Crippen LogP contribution in [-0.2, 0) is 18.3 Å². The lowest BCUT2D eigenvalue weighted by molar-refractivity contribution is -0.134. The normalized spacial score (nSPS) is 11.6. The van der Waals surface area contributed by atoms with E-state index in [9.17, 15) is 4.79 Å². The van der Waals surface area contributed by atoms with Gasteiger partial charge in [-0.1, -0.05) is 0 Å². The van der Waals surface area contributed by atoms with Gasteiger partial charge in [-0.15, -0.1) is 5.10 Å². The maximum atomic E-state index is 11.9. The van der Waals surface area contributed by atoms with Crippen LogP contribution >= 0.6 is 0 Å². The highest BCUT2D eigenvalue weighted by molar-refractivity contribution is 5.76. The Morgan fingerprint density at radius 3 is 2.53 bits per heavy atom. The molecular weight excluding hydrogens is 218 g/mol. The van der Waals surface area contributed by atoms with Crippen LogP contribution in [0.3, 0.4) is 0 Å². The van der Waals surface area contributed by atoms with Gasteiger partial charge in [0.05, 0.1) is 0 Å². The average molecular weight is 239 g/mol. The van der Waals surface area contributed by atoms with Crippen molar-refractivity contribution >= 4 is 5.91 Å². The highest BCUT2D eigenvalue weighted by Gasteiger charge is 2.21. The summed E-state index contributed by atoms with van der Waals surface area (Å²) in [4.78, 5) is 13.7. The summed E-state index contributed by atoms with van der Waals surface area (Å²) in [6.07, 6.45) is 2.03. The molecule has 0 aliphatic rings. The molecule has 0 aromatic carbocycles. The highest BCUT2D eigenvalue weighted by atomic mass is 16.2. The molecule has 0 fully saturated rings. The first-order valence-electron chi connectivity index (χ1n) is 5.80. The predicted octanol–water partition coefficient (Wildman–Crippen LogP) is 0.790. The zero-order chi connectivity index (χ0) is 13.1. The number of carbonyl (C=O) groups is 1. The number of rotatable bonds is 4. The third-order valence-corrected chi connectivity index (χ3v) is 2.88. The molecule has 0 aliphatic heterocycles. The fraction of sp³-hybridized carbons (Fsp3) is 0.818. The first-order chi connectivity index (χ1) is 7.82. The Kier molecular flexibility index (Phi) is 4.20. The summed E-state index contributed by atoms with van der Waals surface area (Å²) >= 11 is 0. The third kappa shape index (κ3) is 3.80. The standard InChI is InChI=1S/C11H21N5O/c1-11(2,3)15(4)10(17)8-6-7-9-12-13-14-16(9)5/h6-8H2,1-5H3. The minimum absolute atomic E-state index is 0.122. The molecule has 0 atom stereocenters. The SMILES string of the molecule is CN(C(=O)CCCc1nnnn1C)C(C)(C)C. The molecule has 96 valence electrons. The van der Waals surface area contributed by atoms with Gasteiger partial charge in [0.1, 0.15) is 0 Å². The number of hydrogen-bond donors (Lipinski definition) is 0. The van der Waals surface area contributed by atoms with Crippen molar-refractivity contribution in [2.24, 2.45) is 7.05 Å². The molecule has 1 rings (SSSR count). The number of tetrazole rings is 1. The number of hydrogen-bond acceptors (Lipinski definition) is 4. The van der Waals surface area contributed by atoms with Crippen LogP contribution in [0.15, 0.2) is 0 Å². The van der Waals surface area contributed by atoms with Gasteiger partial charge >= 0.3 is 0 Å². The van der Waals surface area contributed by atoms with E-state index in [4.69, 9.17) is 0 Å². The van der Waals surface area contributed by atoms with Crippen LogP contribution in [0.25, 0.3) is 0 Å². The van der Waals surface area contributed by atoms with E-state index in [-0.39, 0.29) is 11.4 Å². The molecule has 1 aromatic heterocycles. The first kappa shape index (κ1) is 13.6. The van der Waals surface area contributed by atoms with Gasteiger partial charge < -0.3 is 4.90 Å². The van der Waals surface area contributed by atoms with Gasteiger partial charge in [0.25, 0.3) is 0 Å². The largest absolute Gasteiger partial charge is 0.341 e. The molecule has 0 radical (unpaired) electrons. The van der Waals surface area contributed by atoms with Gasteiger partial charge in [-0.3, -0.25) is 4.79 Å². The monoisotopic (exact) mass is 239 g/mol. The second-order valence-corrected chi connectivity index (χ2v) is 5.20. The summed E-state index contributed by atoms with van der Waals surface area (Å²) < 4.78 is 1.64. The van der Waals surface area contributed by atoms with Gasteiger partial charge in [-0.2, -0.15) is 0 Å². The second kappa shape index (κ2) is 5.25.